The molecule has 0 unspecified atom stereocenters. The smallest absolute Gasteiger partial charge is 0.385 e. The summed E-state index contributed by atoms with van der Waals surface area (Å²) in [5, 5.41) is 3.81. The van der Waals surface area contributed by atoms with Gasteiger partial charge in [-0.2, -0.15) is 18.3 Å². The Balaban J connectivity index is 2.39. The number of aryl methyl sites for hydroxylation is 1. The van der Waals surface area contributed by atoms with Gasteiger partial charge in [0.1, 0.15) is 0 Å². The monoisotopic (exact) mass is 355 g/mol. The number of aromatic nitrogens is 2. The summed E-state index contributed by atoms with van der Waals surface area (Å²) < 4.78 is 46.4. The molecule has 2 rings (SSSR count). The molecule has 0 saturated carbocycles. The second-order valence-corrected chi connectivity index (χ2v) is 5.73. The standard InChI is InChI=1S/C17H20F3N3O2/c1-12-5-7-13(8-6-12)23-15(17(18,19)20)14(11-21-23)16(24)22(2)9-4-10-25-3/h5-8,11H,4,9-10H2,1-3H3. The lowest BCUT2D eigenvalue weighted by molar-refractivity contribution is -0.143. The Kier molecular flexibility index (Phi) is 5.84. The molecule has 0 aliphatic carbocycles. The van der Waals surface area contributed by atoms with Crippen LogP contribution in [0.2, 0.25) is 0 Å². The van der Waals surface area contributed by atoms with Crippen molar-refractivity contribution < 1.29 is 22.7 Å². The quantitative estimate of drug-likeness (QED) is 0.747. The van der Waals surface area contributed by atoms with Gasteiger partial charge >= 0.3 is 6.18 Å². The lowest BCUT2D eigenvalue weighted by Crippen LogP contribution is -2.30. The number of amides is 1. The molecule has 0 aliphatic rings. The van der Waals surface area contributed by atoms with E-state index in [4.69, 9.17) is 4.74 Å². The summed E-state index contributed by atoms with van der Waals surface area (Å²) >= 11 is 0. The molecule has 0 bridgehead atoms. The van der Waals surface area contributed by atoms with E-state index < -0.39 is 23.3 Å². The van der Waals surface area contributed by atoms with E-state index in [9.17, 15) is 18.0 Å². The highest BCUT2D eigenvalue weighted by Crippen LogP contribution is 2.34. The number of halogens is 3. The SMILES string of the molecule is COCCCN(C)C(=O)c1cnn(-c2ccc(C)cc2)c1C(F)(F)F. The highest BCUT2D eigenvalue weighted by Gasteiger charge is 2.41. The molecule has 8 heteroatoms. The van der Waals surface area contributed by atoms with Crippen molar-refractivity contribution in [3.05, 3.63) is 47.3 Å². The van der Waals surface area contributed by atoms with Crippen LogP contribution in [0.1, 0.15) is 28.0 Å². The molecular weight excluding hydrogens is 335 g/mol. The molecule has 25 heavy (non-hydrogen) atoms. The molecule has 0 atom stereocenters. The highest BCUT2D eigenvalue weighted by atomic mass is 19.4. The van der Waals surface area contributed by atoms with Crippen molar-refractivity contribution in [2.24, 2.45) is 0 Å². The lowest BCUT2D eigenvalue weighted by Gasteiger charge is -2.18. The van der Waals surface area contributed by atoms with Crippen LogP contribution in [0.3, 0.4) is 0 Å². The Morgan fingerprint density at radius 1 is 1.28 bits per heavy atom. The first kappa shape index (κ1) is 19.0. The van der Waals surface area contributed by atoms with Gasteiger partial charge in [0.05, 0.1) is 17.4 Å². The van der Waals surface area contributed by atoms with E-state index in [0.29, 0.717) is 19.6 Å². The van der Waals surface area contributed by atoms with Gasteiger partial charge in [-0.25, -0.2) is 4.68 Å². The third kappa shape index (κ3) is 4.39. The summed E-state index contributed by atoms with van der Waals surface area (Å²) in [6.45, 7) is 2.55. The van der Waals surface area contributed by atoms with Crippen LogP contribution in [0.15, 0.2) is 30.5 Å². The minimum atomic E-state index is -4.71. The Morgan fingerprint density at radius 2 is 1.92 bits per heavy atom. The fourth-order valence-electron chi connectivity index (χ4n) is 2.41. The number of rotatable bonds is 6. The molecule has 0 N–H and O–H groups in total. The van der Waals surface area contributed by atoms with E-state index >= 15 is 0 Å². The predicted molar refractivity (Wildman–Crippen MR) is 86.8 cm³/mol. The number of hydrogen-bond donors (Lipinski definition) is 0. The van der Waals surface area contributed by atoms with Crippen molar-refractivity contribution in [2.45, 2.75) is 19.5 Å². The largest absolute Gasteiger partial charge is 0.434 e. The summed E-state index contributed by atoms with van der Waals surface area (Å²) in [6.07, 6.45) is -3.20. The van der Waals surface area contributed by atoms with E-state index in [2.05, 4.69) is 5.10 Å². The first-order valence-electron chi connectivity index (χ1n) is 7.72. The molecule has 0 fully saturated rings. The van der Waals surface area contributed by atoms with Crippen molar-refractivity contribution in [3.63, 3.8) is 0 Å². The molecule has 0 radical (unpaired) electrons. The van der Waals surface area contributed by atoms with Crippen LogP contribution in [-0.4, -0.2) is 47.9 Å². The predicted octanol–water partition coefficient (Wildman–Crippen LogP) is 3.31. The minimum Gasteiger partial charge on any atom is -0.385 e. The average molecular weight is 355 g/mol. The Bertz CT molecular complexity index is 724. The van der Waals surface area contributed by atoms with E-state index in [1.54, 1.807) is 12.1 Å². The van der Waals surface area contributed by atoms with Crippen LogP contribution in [0.5, 0.6) is 0 Å². The molecule has 1 aromatic carbocycles. The molecule has 136 valence electrons. The number of ether oxygens (including phenoxy) is 1. The topological polar surface area (TPSA) is 47.4 Å². The maximum absolute atomic E-state index is 13.6. The third-order valence-corrected chi connectivity index (χ3v) is 3.74. The van der Waals surface area contributed by atoms with Crippen LogP contribution in [0.25, 0.3) is 5.69 Å². The molecule has 0 spiro atoms. The van der Waals surface area contributed by atoms with Gasteiger partial charge in [-0.3, -0.25) is 4.79 Å². The van der Waals surface area contributed by atoms with E-state index in [-0.39, 0.29) is 5.69 Å². The second kappa shape index (κ2) is 7.69. The normalized spacial score (nSPS) is 11.6. The van der Waals surface area contributed by atoms with Crippen molar-refractivity contribution in [2.75, 3.05) is 27.3 Å². The van der Waals surface area contributed by atoms with E-state index in [0.717, 1.165) is 16.4 Å². The average Bonchev–Trinajstić information content (AvgIpc) is 3.00. The van der Waals surface area contributed by atoms with Crippen LogP contribution >= 0.6 is 0 Å². The van der Waals surface area contributed by atoms with Gasteiger partial charge in [0.15, 0.2) is 5.69 Å². The Hall–Kier alpha value is -2.35. The number of hydrogen-bond acceptors (Lipinski definition) is 3. The summed E-state index contributed by atoms with van der Waals surface area (Å²) in [4.78, 5) is 13.7. The zero-order chi connectivity index (χ0) is 18.6. The van der Waals surface area contributed by atoms with E-state index in [1.165, 1.54) is 31.2 Å². The molecule has 0 aliphatic heterocycles. The number of nitrogens with zero attached hydrogens (tertiary/aromatic N) is 3. The first-order valence-corrected chi connectivity index (χ1v) is 7.72. The van der Waals surface area contributed by atoms with Crippen LogP contribution in [-0.2, 0) is 10.9 Å². The number of alkyl halides is 3. The van der Waals surface area contributed by atoms with Gasteiger partial charge in [0, 0.05) is 27.3 Å². The fourth-order valence-corrected chi connectivity index (χ4v) is 2.41. The summed E-state index contributed by atoms with van der Waals surface area (Å²) in [5.74, 6) is -0.721. The number of carbonyl (C=O) groups excluding carboxylic acids is 1. The van der Waals surface area contributed by atoms with Crippen LogP contribution in [0, 0.1) is 6.92 Å². The molecule has 5 nitrogen and oxygen atoms in total. The van der Waals surface area contributed by atoms with Gasteiger partial charge in [-0.05, 0) is 25.5 Å². The molecule has 0 saturated heterocycles. The number of methoxy groups -OCH3 is 1. The van der Waals surface area contributed by atoms with Gasteiger partial charge < -0.3 is 9.64 Å². The van der Waals surface area contributed by atoms with Crippen molar-refractivity contribution in [1.29, 1.82) is 0 Å². The Labute approximate surface area is 144 Å². The zero-order valence-corrected chi connectivity index (χ0v) is 14.3. The molecule has 2 aromatic rings. The molecule has 1 amide bonds. The zero-order valence-electron chi connectivity index (χ0n) is 14.3. The molecular formula is C17H20F3N3O2. The summed E-state index contributed by atoms with van der Waals surface area (Å²) in [6, 6.07) is 6.45. The van der Waals surface area contributed by atoms with Gasteiger partial charge in [-0.1, -0.05) is 17.7 Å². The van der Waals surface area contributed by atoms with Crippen molar-refractivity contribution >= 4 is 5.91 Å². The number of carbonyl (C=O) groups is 1. The van der Waals surface area contributed by atoms with Crippen LogP contribution in [0.4, 0.5) is 13.2 Å². The molecule has 1 heterocycles. The molecule has 1 aromatic heterocycles. The maximum Gasteiger partial charge on any atom is 0.434 e. The second-order valence-electron chi connectivity index (χ2n) is 5.73. The highest BCUT2D eigenvalue weighted by molar-refractivity contribution is 5.95. The van der Waals surface area contributed by atoms with Gasteiger partial charge in [0.25, 0.3) is 5.91 Å². The van der Waals surface area contributed by atoms with Crippen LogP contribution < -0.4 is 0 Å². The fraction of sp³-hybridized carbons (Fsp3) is 0.412. The van der Waals surface area contributed by atoms with Crippen molar-refractivity contribution in [1.82, 2.24) is 14.7 Å². The summed E-state index contributed by atoms with van der Waals surface area (Å²) in [7, 11) is 2.98. The Morgan fingerprint density at radius 3 is 2.48 bits per heavy atom. The maximum atomic E-state index is 13.6. The van der Waals surface area contributed by atoms with Gasteiger partial charge in [0.2, 0.25) is 0 Å². The first-order chi connectivity index (χ1) is 11.8. The van der Waals surface area contributed by atoms with Crippen molar-refractivity contribution in [3.8, 4) is 5.69 Å². The summed E-state index contributed by atoms with van der Waals surface area (Å²) in [5.41, 5.74) is -0.370. The lowest BCUT2D eigenvalue weighted by atomic mass is 10.2. The number of benzene rings is 1. The van der Waals surface area contributed by atoms with Gasteiger partial charge in [-0.15, -0.1) is 0 Å². The third-order valence-electron chi connectivity index (χ3n) is 3.74. The van der Waals surface area contributed by atoms with E-state index in [1.807, 2.05) is 6.92 Å². The minimum absolute atomic E-state index is 0.249.